The molecule has 2 heterocycles. The van der Waals surface area contributed by atoms with E-state index < -0.39 is 0 Å². The fourth-order valence-corrected chi connectivity index (χ4v) is 4.31. The Morgan fingerprint density at radius 3 is 2.81 bits per heavy atom. The van der Waals surface area contributed by atoms with Crippen LogP contribution in [-0.2, 0) is 13.0 Å². The zero-order valence-corrected chi connectivity index (χ0v) is 13.7. The minimum absolute atomic E-state index is 0.426. The average molecular weight is 300 g/mol. The van der Waals surface area contributed by atoms with Crippen LogP contribution in [0.2, 0.25) is 0 Å². The minimum Gasteiger partial charge on any atom is -0.313 e. The Kier molecular flexibility index (Phi) is 4.73. The molecule has 2 aromatic rings. The Morgan fingerprint density at radius 1 is 1.24 bits per heavy atom. The third-order valence-corrected chi connectivity index (χ3v) is 5.49. The third kappa shape index (κ3) is 3.37. The van der Waals surface area contributed by atoms with Crippen molar-refractivity contribution in [2.75, 3.05) is 20.1 Å². The number of rotatable bonds is 5. The Bertz CT molecular complexity index is 564. The van der Waals surface area contributed by atoms with Gasteiger partial charge in [-0.05, 0) is 42.0 Å². The van der Waals surface area contributed by atoms with Gasteiger partial charge < -0.3 is 5.32 Å². The number of hydrogen-bond acceptors (Lipinski definition) is 3. The molecular formula is C18H24N2S. The summed E-state index contributed by atoms with van der Waals surface area (Å²) < 4.78 is 0. The van der Waals surface area contributed by atoms with Crippen LogP contribution in [0.3, 0.4) is 0 Å². The van der Waals surface area contributed by atoms with E-state index >= 15 is 0 Å². The molecule has 0 saturated heterocycles. The maximum atomic E-state index is 3.50. The zero-order valence-electron chi connectivity index (χ0n) is 12.9. The molecule has 2 atom stereocenters. The molecule has 112 valence electrons. The molecule has 1 aromatic carbocycles. The van der Waals surface area contributed by atoms with Crippen LogP contribution in [0.15, 0.2) is 41.8 Å². The van der Waals surface area contributed by atoms with Gasteiger partial charge in [0.2, 0.25) is 0 Å². The van der Waals surface area contributed by atoms with E-state index in [-0.39, 0.29) is 0 Å². The average Bonchev–Trinajstić information content (AvgIpc) is 2.96. The first-order valence-corrected chi connectivity index (χ1v) is 8.65. The van der Waals surface area contributed by atoms with Crippen LogP contribution < -0.4 is 5.32 Å². The molecule has 0 amide bonds. The predicted octanol–water partition coefficient (Wildman–Crippen LogP) is 3.70. The lowest BCUT2D eigenvalue weighted by Gasteiger charge is -2.32. The maximum Gasteiger partial charge on any atom is 0.0355 e. The smallest absolute Gasteiger partial charge is 0.0355 e. The molecule has 2 unspecified atom stereocenters. The van der Waals surface area contributed by atoms with Crippen molar-refractivity contribution in [1.82, 2.24) is 10.2 Å². The summed E-state index contributed by atoms with van der Waals surface area (Å²) in [7, 11) is 2.07. The highest BCUT2D eigenvalue weighted by atomic mass is 32.1. The van der Waals surface area contributed by atoms with Gasteiger partial charge in [0, 0.05) is 30.6 Å². The molecule has 1 aliphatic heterocycles. The third-order valence-electron chi connectivity index (χ3n) is 4.47. The predicted molar refractivity (Wildman–Crippen MR) is 90.7 cm³/mol. The summed E-state index contributed by atoms with van der Waals surface area (Å²) in [5.74, 6) is 0.595. The molecule has 0 spiro atoms. The van der Waals surface area contributed by atoms with Crippen LogP contribution in [0.25, 0.3) is 0 Å². The van der Waals surface area contributed by atoms with E-state index in [0.717, 1.165) is 13.1 Å². The number of benzene rings is 1. The Morgan fingerprint density at radius 2 is 2.05 bits per heavy atom. The standard InChI is InChI=1S/C18H24N2S/c1-14(18(19-2)15-6-4-3-5-7-15)12-20-10-8-17-16(13-20)9-11-21-17/h3-7,9,11,14,18-19H,8,10,12-13H2,1-2H3. The van der Waals surface area contributed by atoms with Crippen molar-refractivity contribution < 1.29 is 0 Å². The van der Waals surface area contributed by atoms with Crippen LogP contribution in [0, 0.1) is 5.92 Å². The molecule has 0 fully saturated rings. The lowest BCUT2D eigenvalue weighted by Crippen LogP contribution is -2.37. The van der Waals surface area contributed by atoms with Crippen molar-refractivity contribution in [2.45, 2.75) is 25.9 Å². The molecule has 1 aliphatic rings. The van der Waals surface area contributed by atoms with E-state index in [2.05, 4.69) is 66.0 Å². The monoisotopic (exact) mass is 300 g/mol. The van der Waals surface area contributed by atoms with Crippen molar-refractivity contribution in [3.63, 3.8) is 0 Å². The summed E-state index contributed by atoms with van der Waals surface area (Å²) in [5, 5.41) is 5.73. The van der Waals surface area contributed by atoms with Crippen LogP contribution in [0.1, 0.15) is 29.0 Å². The van der Waals surface area contributed by atoms with Gasteiger partial charge >= 0.3 is 0 Å². The van der Waals surface area contributed by atoms with Gasteiger partial charge in [0.25, 0.3) is 0 Å². The Hall–Kier alpha value is -1.16. The first kappa shape index (κ1) is 14.8. The van der Waals surface area contributed by atoms with E-state index in [1.807, 2.05) is 11.3 Å². The molecular weight excluding hydrogens is 276 g/mol. The fraction of sp³-hybridized carbons (Fsp3) is 0.444. The van der Waals surface area contributed by atoms with Gasteiger partial charge in [0.15, 0.2) is 0 Å². The second kappa shape index (κ2) is 6.73. The first-order valence-electron chi connectivity index (χ1n) is 7.77. The van der Waals surface area contributed by atoms with E-state index in [1.165, 1.54) is 18.5 Å². The summed E-state index contributed by atoms with van der Waals surface area (Å²) >= 11 is 1.91. The topological polar surface area (TPSA) is 15.3 Å². The second-order valence-electron chi connectivity index (χ2n) is 6.01. The first-order chi connectivity index (χ1) is 10.3. The fourth-order valence-electron chi connectivity index (χ4n) is 3.42. The Labute approximate surface area is 131 Å². The summed E-state index contributed by atoms with van der Waals surface area (Å²) in [4.78, 5) is 4.19. The maximum absolute atomic E-state index is 3.50. The summed E-state index contributed by atoms with van der Waals surface area (Å²) in [6.07, 6.45) is 1.22. The van der Waals surface area contributed by atoms with Crippen LogP contribution in [0.5, 0.6) is 0 Å². The minimum atomic E-state index is 0.426. The normalized spacial score (nSPS) is 18.2. The van der Waals surface area contributed by atoms with Crippen LogP contribution >= 0.6 is 11.3 Å². The molecule has 1 N–H and O–H groups in total. The molecule has 3 heteroatoms. The number of thiophene rings is 1. The van der Waals surface area contributed by atoms with Crippen molar-refractivity contribution in [3.05, 3.63) is 57.8 Å². The molecule has 0 saturated carbocycles. The number of nitrogens with zero attached hydrogens (tertiary/aromatic N) is 1. The molecule has 2 nitrogen and oxygen atoms in total. The van der Waals surface area contributed by atoms with Crippen molar-refractivity contribution in [3.8, 4) is 0 Å². The van der Waals surface area contributed by atoms with Crippen molar-refractivity contribution in [1.29, 1.82) is 0 Å². The highest BCUT2D eigenvalue weighted by Crippen LogP contribution is 2.27. The van der Waals surface area contributed by atoms with E-state index in [1.54, 1.807) is 10.4 Å². The van der Waals surface area contributed by atoms with Gasteiger partial charge in [-0.3, -0.25) is 4.90 Å². The van der Waals surface area contributed by atoms with Gasteiger partial charge in [0.05, 0.1) is 0 Å². The van der Waals surface area contributed by atoms with E-state index in [9.17, 15) is 0 Å². The van der Waals surface area contributed by atoms with E-state index in [0.29, 0.717) is 12.0 Å². The quantitative estimate of drug-likeness (QED) is 0.905. The summed E-state index contributed by atoms with van der Waals surface area (Å²) in [5.41, 5.74) is 2.93. The number of nitrogens with one attached hydrogen (secondary N) is 1. The molecule has 0 bridgehead atoms. The molecule has 0 radical (unpaired) electrons. The van der Waals surface area contributed by atoms with Gasteiger partial charge in [-0.2, -0.15) is 0 Å². The van der Waals surface area contributed by atoms with Gasteiger partial charge in [-0.25, -0.2) is 0 Å². The SMILES string of the molecule is CNC(c1ccccc1)C(C)CN1CCc2sccc2C1. The second-order valence-corrected chi connectivity index (χ2v) is 7.01. The van der Waals surface area contributed by atoms with Crippen LogP contribution in [-0.4, -0.2) is 25.0 Å². The van der Waals surface area contributed by atoms with Gasteiger partial charge in [-0.1, -0.05) is 37.3 Å². The number of fused-ring (bicyclic) bond motifs is 1. The zero-order chi connectivity index (χ0) is 14.7. The van der Waals surface area contributed by atoms with Crippen molar-refractivity contribution in [2.24, 2.45) is 5.92 Å². The van der Waals surface area contributed by atoms with E-state index in [4.69, 9.17) is 0 Å². The van der Waals surface area contributed by atoms with Crippen molar-refractivity contribution >= 4 is 11.3 Å². The lowest BCUT2D eigenvalue weighted by atomic mass is 9.93. The summed E-state index contributed by atoms with van der Waals surface area (Å²) in [6, 6.07) is 13.5. The highest BCUT2D eigenvalue weighted by molar-refractivity contribution is 7.10. The highest BCUT2D eigenvalue weighted by Gasteiger charge is 2.23. The van der Waals surface area contributed by atoms with Gasteiger partial charge in [0.1, 0.15) is 0 Å². The molecule has 0 aliphatic carbocycles. The molecule has 21 heavy (non-hydrogen) atoms. The largest absolute Gasteiger partial charge is 0.313 e. The Balaban J connectivity index is 1.64. The molecule has 3 rings (SSSR count). The number of hydrogen-bond donors (Lipinski definition) is 1. The molecule has 1 aromatic heterocycles. The van der Waals surface area contributed by atoms with Gasteiger partial charge in [-0.15, -0.1) is 11.3 Å². The van der Waals surface area contributed by atoms with Crippen LogP contribution in [0.4, 0.5) is 0 Å². The lowest BCUT2D eigenvalue weighted by molar-refractivity contribution is 0.200. The summed E-state index contributed by atoms with van der Waals surface area (Å²) in [6.45, 7) is 5.82.